The fraction of sp³-hybridized carbons (Fsp3) is 0.455. The molecule has 0 bridgehead atoms. The Kier molecular flexibility index (Phi) is 6.56. The summed E-state index contributed by atoms with van der Waals surface area (Å²) >= 11 is 0. The van der Waals surface area contributed by atoms with Gasteiger partial charge in [0.15, 0.2) is 0 Å². The van der Waals surface area contributed by atoms with E-state index in [0.29, 0.717) is 36.2 Å². The third-order valence-corrected chi connectivity index (χ3v) is 5.77. The van der Waals surface area contributed by atoms with Crippen LogP contribution in [0.4, 0.5) is 16.2 Å². The predicted octanol–water partition coefficient (Wildman–Crippen LogP) is 3.12. The standard InChI is InChI=1S/C22H30N4O5/c1-15-11-20(21(31-6)23-16(15)2)24(3)22(27)26(28)9-7-25(8-10-26)17-12-18(29-4)14-19(13-17)30-5/h11-14H,7-10H2,1-6H3. The van der Waals surface area contributed by atoms with Crippen LogP contribution in [-0.2, 0) is 0 Å². The minimum atomic E-state index is -0.940. The van der Waals surface area contributed by atoms with Gasteiger partial charge in [-0.25, -0.2) is 9.78 Å². The molecule has 0 N–H and O–H groups in total. The number of carbonyl (C=O) groups is 1. The van der Waals surface area contributed by atoms with E-state index >= 15 is 0 Å². The minimum Gasteiger partial charge on any atom is -0.624 e. The Morgan fingerprint density at radius 3 is 2.13 bits per heavy atom. The Balaban J connectivity index is 1.77. The zero-order chi connectivity index (χ0) is 22.8. The zero-order valence-electron chi connectivity index (χ0n) is 19.0. The van der Waals surface area contributed by atoms with Gasteiger partial charge in [0, 0.05) is 36.6 Å². The normalized spacial score (nSPS) is 15.4. The lowest BCUT2D eigenvalue weighted by Crippen LogP contribution is -2.62. The first-order valence-corrected chi connectivity index (χ1v) is 10.1. The Hall–Kier alpha value is -3.04. The Bertz CT molecular complexity index is 935. The molecule has 0 aliphatic carbocycles. The largest absolute Gasteiger partial charge is 0.624 e. The molecule has 2 amide bonds. The first-order valence-electron chi connectivity index (χ1n) is 10.1. The molecule has 31 heavy (non-hydrogen) atoms. The first-order chi connectivity index (χ1) is 14.7. The van der Waals surface area contributed by atoms with Gasteiger partial charge < -0.3 is 24.3 Å². The van der Waals surface area contributed by atoms with Gasteiger partial charge in [-0.1, -0.05) is 0 Å². The molecule has 1 aliphatic heterocycles. The molecule has 2 heterocycles. The van der Waals surface area contributed by atoms with Crippen molar-refractivity contribution >= 4 is 17.4 Å². The summed E-state index contributed by atoms with van der Waals surface area (Å²) < 4.78 is 15.1. The Labute approximate surface area is 182 Å². The number of piperazine rings is 1. The summed E-state index contributed by atoms with van der Waals surface area (Å²) in [6.45, 7) is 4.90. The second-order valence-electron chi connectivity index (χ2n) is 7.66. The van der Waals surface area contributed by atoms with Gasteiger partial charge in [-0.2, -0.15) is 0 Å². The molecule has 1 aliphatic rings. The maximum absolute atomic E-state index is 13.4. The molecule has 0 saturated carbocycles. The lowest BCUT2D eigenvalue weighted by molar-refractivity contribution is -0.798. The smallest absolute Gasteiger partial charge is 0.423 e. The van der Waals surface area contributed by atoms with E-state index in [1.165, 1.54) is 12.0 Å². The van der Waals surface area contributed by atoms with E-state index in [2.05, 4.69) is 9.88 Å². The molecule has 0 spiro atoms. The van der Waals surface area contributed by atoms with Crippen molar-refractivity contribution in [3.63, 3.8) is 0 Å². The fourth-order valence-corrected chi connectivity index (χ4v) is 3.65. The second-order valence-corrected chi connectivity index (χ2v) is 7.66. The quantitative estimate of drug-likeness (QED) is 0.532. The van der Waals surface area contributed by atoms with Crippen molar-refractivity contribution in [1.82, 2.24) is 4.98 Å². The van der Waals surface area contributed by atoms with Crippen LogP contribution in [-0.4, -0.2) is 70.2 Å². The predicted molar refractivity (Wildman–Crippen MR) is 119 cm³/mol. The highest BCUT2D eigenvalue weighted by Crippen LogP contribution is 2.32. The molecule has 1 aromatic carbocycles. The van der Waals surface area contributed by atoms with Crippen molar-refractivity contribution < 1.29 is 23.7 Å². The number of aryl methyl sites for hydroxylation is 2. The fourth-order valence-electron chi connectivity index (χ4n) is 3.65. The van der Waals surface area contributed by atoms with Crippen LogP contribution in [0.2, 0.25) is 0 Å². The summed E-state index contributed by atoms with van der Waals surface area (Å²) in [7, 11) is 6.28. The summed E-state index contributed by atoms with van der Waals surface area (Å²) in [6, 6.07) is 6.88. The lowest BCUT2D eigenvalue weighted by atomic mass is 10.2. The molecule has 1 saturated heterocycles. The van der Waals surface area contributed by atoms with Crippen LogP contribution < -0.4 is 24.0 Å². The highest BCUT2D eigenvalue weighted by Gasteiger charge is 2.37. The Morgan fingerprint density at radius 2 is 1.61 bits per heavy atom. The van der Waals surface area contributed by atoms with E-state index in [9.17, 15) is 10.0 Å². The van der Waals surface area contributed by atoms with Crippen molar-refractivity contribution in [2.45, 2.75) is 13.8 Å². The molecule has 0 unspecified atom stereocenters. The van der Waals surface area contributed by atoms with E-state index < -0.39 is 10.7 Å². The third-order valence-electron chi connectivity index (χ3n) is 5.77. The van der Waals surface area contributed by atoms with Gasteiger partial charge in [-0.3, -0.25) is 9.55 Å². The maximum Gasteiger partial charge on any atom is 0.423 e. The van der Waals surface area contributed by atoms with E-state index in [1.807, 2.05) is 32.0 Å². The molecule has 2 aromatic rings. The van der Waals surface area contributed by atoms with Gasteiger partial charge in [-0.15, -0.1) is 0 Å². The highest BCUT2D eigenvalue weighted by atomic mass is 16.6. The van der Waals surface area contributed by atoms with Crippen molar-refractivity contribution in [1.29, 1.82) is 0 Å². The summed E-state index contributed by atoms with van der Waals surface area (Å²) in [5.74, 6) is 1.67. The number of pyridine rings is 1. The molecule has 9 heteroatoms. The second kappa shape index (κ2) is 8.99. The molecule has 1 aromatic heterocycles. The summed E-state index contributed by atoms with van der Waals surface area (Å²) in [4.78, 5) is 21.0. The van der Waals surface area contributed by atoms with Crippen LogP contribution in [0.3, 0.4) is 0 Å². The van der Waals surface area contributed by atoms with E-state index in [-0.39, 0.29) is 13.1 Å². The molecule has 3 rings (SSSR count). The number of anilines is 2. The van der Waals surface area contributed by atoms with Crippen LogP contribution in [0.1, 0.15) is 11.3 Å². The van der Waals surface area contributed by atoms with E-state index in [1.54, 1.807) is 27.3 Å². The van der Waals surface area contributed by atoms with Crippen molar-refractivity contribution in [3.8, 4) is 17.4 Å². The monoisotopic (exact) mass is 430 g/mol. The van der Waals surface area contributed by atoms with Gasteiger partial charge in [0.2, 0.25) is 5.88 Å². The van der Waals surface area contributed by atoms with Crippen molar-refractivity contribution in [3.05, 3.63) is 40.7 Å². The SMILES string of the molecule is COc1cc(OC)cc(N2CC[N+]([O-])(C(=O)N(C)c3cc(C)c(C)nc3OC)CC2)c1. The summed E-state index contributed by atoms with van der Waals surface area (Å²) in [5, 5.41) is 13.4. The Morgan fingerprint density at radius 1 is 1.03 bits per heavy atom. The number of hydroxylamine groups is 3. The molecule has 168 valence electrons. The number of hydrogen-bond donors (Lipinski definition) is 0. The van der Waals surface area contributed by atoms with Crippen LogP contribution in [0, 0.1) is 19.1 Å². The topological polar surface area (TPSA) is 87.2 Å². The number of urea groups is 1. The van der Waals surface area contributed by atoms with Crippen molar-refractivity contribution in [2.75, 3.05) is 64.4 Å². The summed E-state index contributed by atoms with van der Waals surface area (Å²) in [6.07, 6.45) is 0. The zero-order valence-corrected chi connectivity index (χ0v) is 19.0. The number of aromatic nitrogens is 1. The van der Waals surface area contributed by atoms with Crippen LogP contribution in [0.25, 0.3) is 0 Å². The number of nitrogens with zero attached hydrogens (tertiary/aromatic N) is 4. The lowest BCUT2D eigenvalue weighted by Gasteiger charge is -2.47. The van der Waals surface area contributed by atoms with Gasteiger partial charge in [-0.05, 0) is 25.5 Å². The molecular formula is C22H30N4O5. The summed E-state index contributed by atoms with van der Waals surface area (Å²) in [5.41, 5.74) is 3.12. The number of carbonyl (C=O) groups excluding carboxylic acids is 1. The van der Waals surface area contributed by atoms with Gasteiger partial charge in [0.05, 0.1) is 34.4 Å². The van der Waals surface area contributed by atoms with Gasteiger partial charge in [0.25, 0.3) is 0 Å². The number of methoxy groups -OCH3 is 3. The van der Waals surface area contributed by atoms with E-state index in [4.69, 9.17) is 14.2 Å². The number of amides is 2. The molecular weight excluding hydrogens is 400 g/mol. The number of hydrogen-bond acceptors (Lipinski definition) is 7. The average Bonchev–Trinajstić information content (AvgIpc) is 2.79. The first kappa shape index (κ1) is 22.6. The number of rotatable bonds is 5. The number of quaternary nitrogens is 1. The van der Waals surface area contributed by atoms with Crippen LogP contribution >= 0.6 is 0 Å². The highest BCUT2D eigenvalue weighted by molar-refractivity contribution is 5.88. The number of benzene rings is 1. The van der Waals surface area contributed by atoms with Crippen LogP contribution in [0.5, 0.6) is 17.4 Å². The molecule has 1 fully saturated rings. The number of ether oxygens (including phenoxy) is 3. The minimum absolute atomic E-state index is 0.128. The van der Waals surface area contributed by atoms with Crippen molar-refractivity contribution in [2.24, 2.45) is 0 Å². The maximum atomic E-state index is 13.4. The average molecular weight is 431 g/mol. The van der Waals surface area contributed by atoms with Crippen LogP contribution in [0.15, 0.2) is 24.3 Å². The van der Waals surface area contributed by atoms with E-state index in [0.717, 1.165) is 16.9 Å². The van der Waals surface area contributed by atoms with Gasteiger partial charge >= 0.3 is 6.03 Å². The molecule has 0 radical (unpaired) electrons. The van der Waals surface area contributed by atoms with Gasteiger partial charge in [0.1, 0.15) is 30.3 Å². The molecule has 9 nitrogen and oxygen atoms in total. The molecule has 0 atom stereocenters. The third kappa shape index (κ3) is 4.52.